The predicted molar refractivity (Wildman–Crippen MR) is 72.8 cm³/mol. The van der Waals surface area contributed by atoms with E-state index in [4.69, 9.17) is 4.74 Å². The van der Waals surface area contributed by atoms with E-state index >= 15 is 0 Å². The van der Waals surface area contributed by atoms with Gasteiger partial charge < -0.3 is 15.4 Å². The second-order valence-corrected chi connectivity index (χ2v) is 4.35. The summed E-state index contributed by atoms with van der Waals surface area (Å²) in [5.41, 5.74) is 1.19. The fourth-order valence-electron chi connectivity index (χ4n) is 1.83. The zero-order valence-corrected chi connectivity index (χ0v) is 11.3. The van der Waals surface area contributed by atoms with E-state index in [1.54, 1.807) is 7.11 Å². The van der Waals surface area contributed by atoms with E-state index < -0.39 is 0 Å². The molecule has 1 unspecified atom stereocenters. The van der Waals surface area contributed by atoms with Crippen molar-refractivity contribution in [2.24, 2.45) is 0 Å². The molecular formula is C14H22N2O2. The number of nitrogens with one attached hydrogen (secondary N) is 2. The molecule has 1 aromatic rings. The highest BCUT2D eigenvalue weighted by molar-refractivity contribution is 5.72. The Bertz CT molecular complexity index is 380. The second-order valence-electron chi connectivity index (χ2n) is 4.35. The molecule has 4 nitrogen and oxygen atoms in total. The largest absolute Gasteiger partial charge is 0.496 e. The Morgan fingerprint density at radius 1 is 1.33 bits per heavy atom. The fourth-order valence-corrected chi connectivity index (χ4v) is 1.83. The van der Waals surface area contributed by atoms with E-state index in [2.05, 4.69) is 23.6 Å². The van der Waals surface area contributed by atoms with Crippen LogP contribution in [-0.4, -0.2) is 32.1 Å². The zero-order valence-electron chi connectivity index (χ0n) is 11.3. The number of benzene rings is 1. The second kappa shape index (κ2) is 7.71. The highest BCUT2D eigenvalue weighted by Crippen LogP contribution is 2.18. The average molecular weight is 250 g/mol. The number of hydrogen-bond acceptors (Lipinski definition) is 3. The highest BCUT2D eigenvalue weighted by Gasteiger charge is 2.07. The van der Waals surface area contributed by atoms with Gasteiger partial charge in [-0.3, -0.25) is 4.79 Å². The molecule has 1 amide bonds. The summed E-state index contributed by atoms with van der Waals surface area (Å²) in [5, 5.41) is 6.13. The molecule has 0 saturated heterocycles. The summed E-state index contributed by atoms with van der Waals surface area (Å²) in [4.78, 5) is 10.7. The van der Waals surface area contributed by atoms with E-state index in [-0.39, 0.29) is 5.91 Å². The first-order valence-corrected chi connectivity index (χ1v) is 6.23. The van der Waals surface area contributed by atoms with Crippen molar-refractivity contribution in [1.82, 2.24) is 10.6 Å². The number of amides is 1. The molecule has 0 fully saturated rings. The molecule has 0 saturated carbocycles. The van der Waals surface area contributed by atoms with Gasteiger partial charge in [-0.15, -0.1) is 0 Å². The van der Waals surface area contributed by atoms with Crippen molar-refractivity contribution >= 4 is 5.91 Å². The third kappa shape index (κ3) is 5.19. The quantitative estimate of drug-likeness (QED) is 0.718. The van der Waals surface area contributed by atoms with Crippen molar-refractivity contribution in [2.45, 2.75) is 26.3 Å². The molecule has 18 heavy (non-hydrogen) atoms. The Morgan fingerprint density at radius 3 is 2.72 bits per heavy atom. The highest BCUT2D eigenvalue weighted by atomic mass is 16.5. The molecule has 0 radical (unpaired) electrons. The van der Waals surface area contributed by atoms with Crippen molar-refractivity contribution in [1.29, 1.82) is 0 Å². The molecule has 4 heteroatoms. The Hall–Kier alpha value is -1.55. The van der Waals surface area contributed by atoms with Crippen LogP contribution in [0.3, 0.4) is 0 Å². The molecular weight excluding hydrogens is 228 g/mol. The Morgan fingerprint density at radius 2 is 2.06 bits per heavy atom. The topological polar surface area (TPSA) is 50.4 Å². The number of ether oxygens (including phenoxy) is 1. The molecule has 0 heterocycles. The lowest BCUT2D eigenvalue weighted by Gasteiger charge is -2.15. The minimum atomic E-state index is 0.00850. The summed E-state index contributed by atoms with van der Waals surface area (Å²) >= 11 is 0. The lowest BCUT2D eigenvalue weighted by atomic mass is 10.1. The monoisotopic (exact) mass is 250 g/mol. The van der Waals surface area contributed by atoms with E-state index in [1.807, 2.05) is 18.2 Å². The molecule has 0 aliphatic heterocycles. The molecule has 1 atom stereocenters. The summed E-state index contributed by atoms with van der Waals surface area (Å²) in [6.07, 6.45) is 0.907. The first-order valence-electron chi connectivity index (χ1n) is 6.23. The van der Waals surface area contributed by atoms with Gasteiger partial charge in [0, 0.05) is 26.1 Å². The predicted octanol–water partition coefficient (Wildman–Crippen LogP) is 1.35. The standard InChI is InChI=1S/C14H22N2O2/c1-11(15-8-9-16-12(2)17)10-13-6-4-5-7-14(13)18-3/h4-7,11,15H,8-10H2,1-3H3,(H,16,17). The number of carbonyl (C=O) groups is 1. The van der Waals surface area contributed by atoms with Crippen molar-refractivity contribution in [3.8, 4) is 5.75 Å². The molecule has 100 valence electrons. The van der Waals surface area contributed by atoms with Gasteiger partial charge in [0.15, 0.2) is 0 Å². The number of rotatable bonds is 7. The minimum absolute atomic E-state index is 0.00850. The van der Waals surface area contributed by atoms with Crippen molar-refractivity contribution < 1.29 is 9.53 Å². The number of para-hydroxylation sites is 1. The maximum absolute atomic E-state index is 10.7. The molecule has 0 spiro atoms. The van der Waals surface area contributed by atoms with Gasteiger partial charge in [0.1, 0.15) is 5.75 Å². The average Bonchev–Trinajstić information content (AvgIpc) is 2.35. The van der Waals surface area contributed by atoms with Gasteiger partial charge in [-0.2, -0.15) is 0 Å². The summed E-state index contributed by atoms with van der Waals surface area (Å²) < 4.78 is 5.32. The van der Waals surface area contributed by atoms with Gasteiger partial charge in [-0.05, 0) is 25.0 Å². The summed E-state index contributed by atoms with van der Waals surface area (Å²) in [5.74, 6) is 0.933. The van der Waals surface area contributed by atoms with Gasteiger partial charge in [-0.1, -0.05) is 18.2 Å². The maximum atomic E-state index is 10.7. The molecule has 1 aromatic carbocycles. The fraction of sp³-hybridized carbons (Fsp3) is 0.500. The van der Waals surface area contributed by atoms with Gasteiger partial charge in [0.2, 0.25) is 5.91 Å². The molecule has 0 aliphatic rings. The third-order valence-electron chi connectivity index (χ3n) is 2.71. The van der Waals surface area contributed by atoms with Gasteiger partial charge in [0.05, 0.1) is 7.11 Å². The van der Waals surface area contributed by atoms with Crippen molar-refractivity contribution in [3.63, 3.8) is 0 Å². The first kappa shape index (κ1) is 14.5. The van der Waals surface area contributed by atoms with Crippen LogP contribution in [0.25, 0.3) is 0 Å². The van der Waals surface area contributed by atoms with Crippen LogP contribution >= 0.6 is 0 Å². The van der Waals surface area contributed by atoms with Crippen LogP contribution in [0.1, 0.15) is 19.4 Å². The molecule has 0 aromatic heterocycles. The van der Waals surface area contributed by atoms with E-state index in [1.165, 1.54) is 12.5 Å². The minimum Gasteiger partial charge on any atom is -0.496 e. The van der Waals surface area contributed by atoms with Crippen LogP contribution in [0.5, 0.6) is 5.75 Å². The van der Waals surface area contributed by atoms with Crippen LogP contribution in [-0.2, 0) is 11.2 Å². The Labute approximate surface area is 109 Å². The normalized spacial score (nSPS) is 11.9. The SMILES string of the molecule is COc1ccccc1CC(C)NCCNC(C)=O. The molecule has 1 rings (SSSR count). The maximum Gasteiger partial charge on any atom is 0.216 e. The van der Waals surface area contributed by atoms with Crippen molar-refractivity contribution in [2.75, 3.05) is 20.2 Å². The third-order valence-corrected chi connectivity index (χ3v) is 2.71. The van der Waals surface area contributed by atoms with Crippen LogP contribution in [0.2, 0.25) is 0 Å². The van der Waals surface area contributed by atoms with Crippen molar-refractivity contribution in [3.05, 3.63) is 29.8 Å². The van der Waals surface area contributed by atoms with Gasteiger partial charge in [0.25, 0.3) is 0 Å². The summed E-state index contributed by atoms with van der Waals surface area (Å²) in [7, 11) is 1.69. The van der Waals surface area contributed by atoms with Gasteiger partial charge in [-0.25, -0.2) is 0 Å². The molecule has 0 bridgehead atoms. The number of methoxy groups -OCH3 is 1. The van der Waals surface area contributed by atoms with Gasteiger partial charge >= 0.3 is 0 Å². The number of hydrogen-bond donors (Lipinski definition) is 2. The van der Waals surface area contributed by atoms with E-state index in [0.717, 1.165) is 18.7 Å². The van der Waals surface area contributed by atoms with E-state index in [9.17, 15) is 4.79 Å². The lowest BCUT2D eigenvalue weighted by molar-refractivity contribution is -0.118. The Kier molecular flexibility index (Phi) is 6.22. The molecule has 2 N–H and O–H groups in total. The summed E-state index contributed by atoms with van der Waals surface area (Å²) in [6.45, 7) is 5.08. The molecule has 0 aliphatic carbocycles. The first-order chi connectivity index (χ1) is 8.63. The lowest BCUT2D eigenvalue weighted by Crippen LogP contribution is -2.35. The van der Waals surface area contributed by atoms with E-state index in [0.29, 0.717) is 12.6 Å². The van der Waals surface area contributed by atoms with Crippen LogP contribution in [0.15, 0.2) is 24.3 Å². The van der Waals surface area contributed by atoms with Crippen LogP contribution in [0.4, 0.5) is 0 Å². The Balaban J connectivity index is 2.35. The summed E-state index contributed by atoms with van der Waals surface area (Å²) in [6, 6.07) is 8.37. The smallest absolute Gasteiger partial charge is 0.216 e. The van der Waals surface area contributed by atoms with Crippen LogP contribution < -0.4 is 15.4 Å². The number of carbonyl (C=O) groups excluding carboxylic acids is 1. The van der Waals surface area contributed by atoms with Crippen LogP contribution in [0, 0.1) is 0 Å². The zero-order chi connectivity index (χ0) is 13.4.